The molecule has 0 saturated carbocycles. The van der Waals surface area contributed by atoms with Gasteiger partial charge in [0.2, 0.25) is 0 Å². The lowest BCUT2D eigenvalue weighted by Gasteiger charge is -2.07. The summed E-state index contributed by atoms with van der Waals surface area (Å²) in [5.74, 6) is 2.55. The van der Waals surface area contributed by atoms with Gasteiger partial charge in [-0.1, -0.05) is 29.3 Å². The van der Waals surface area contributed by atoms with Gasteiger partial charge in [0.15, 0.2) is 0 Å². The second-order valence-electron chi connectivity index (χ2n) is 2.75. The van der Waals surface area contributed by atoms with E-state index in [1.54, 1.807) is 7.11 Å². The van der Waals surface area contributed by atoms with Crippen LogP contribution in [-0.2, 0) is 4.74 Å². The molecule has 0 fully saturated rings. The van der Waals surface area contributed by atoms with Gasteiger partial charge < -0.3 is 4.74 Å². The Kier molecular flexibility index (Phi) is 10.5. The number of methoxy groups -OCH3 is 1. The Bertz CT molecular complexity index is 90.6. The summed E-state index contributed by atoms with van der Waals surface area (Å²) >= 11 is 5.60. The minimum absolute atomic E-state index is 0.550. The lowest BCUT2D eigenvalue weighted by Crippen LogP contribution is -2.06. The summed E-state index contributed by atoms with van der Waals surface area (Å²) in [6.07, 6.45) is 3.88. The zero-order chi connectivity index (χ0) is 9.23. The Hall–Kier alpha value is 0.790. The largest absolute Gasteiger partial charge is 0.384 e. The number of ether oxygens (including phenoxy) is 1. The van der Waals surface area contributed by atoms with Crippen LogP contribution in [0.25, 0.3) is 0 Å². The van der Waals surface area contributed by atoms with Gasteiger partial charge in [-0.2, -0.15) is 11.8 Å². The van der Waals surface area contributed by atoms with Crippen LogP contribution in [0.5, 0.6) is 0 Å². The topological polar surface area (TPSA) is 9.23 Å². The lowest BCUT2D eigenvalue weighted by atomic mass is 10.2. The fraction of sp³-hybridized carbons (Fsp3) is 1.00. The van der Waals surface area contributed by atoms with Gasteiger partial charge in [-0.25, -0.2) is 0 Å². The number of hydrogen-bond acceptors (Lipinski definition) is 2. The van der Waals surface area contributed by atoms with Crippen LogP contribution in [0.1, 0.15) is 26.2 Å². The fourth-order valence-corrected chi connectivity index (χ4v) is 2.26. The first-order valence-corrected chi connectivity index (χ1v) is 6.59. The Labute approximate surface area is 88.8 Å². The van der Waals surface area contributed by atoms with Crippen LogP contribution in [0.4, 0.5) is 0 Å². The van der Waals surface area contributed by atoms with E-state index in [1.807, 2.05) is 11.8 Å². The van der Waals surface area contributed by atoms with Gasteiger partial charge in [-0.05, 0) is 24.3 Å². The molecule has 0 aliphatic heterocycles. The molecule has 0 heterocycles. The third-order valence-electron chi connectivity index (χ3n) is 1.61. The molecule has 0 spiro atoms. The molecule has 12 heavy (non-hydrogen) atoms. The molecule has 1 atom stereocenters. The summed E-state index contributed by atoms with van der Waals surface area (Å²) in [6.45, 7) is 3.05. The molecule has 0 N–H and O–H groups in total. The Morgan fingerprint density at radius 3 is 2.75 bits per heavy atom. The molecule has 0 amide bonds. The van der Waals surface area contributed by atoms with Crippen LogP contribution < -0.4 is 0 Å². The number of rotatable bonds is 8. The van der Waals surface area contributed by atoms with Crippen molar-refractivity contribution in [3.63, 3.8) is 0 Å². The molecule has 0 bridgehead atoms. The third kappa shape index (κ3) is 8.88. The summed E-state index contributed by atoms with van der Waals surface area (Å²) in [6, 6.07) is 0. The minimum atomic E-state index is 0.550. The molecule has 0 aromatic carbocycles. The molecule has 1 unspecified atom stereocenters. The van der Waals surface area contributed by atoms with E-state index < -0.39 is 0 Å². The number of unbranched alkanes of at least 4 members (excludes halogenated alkanes) is 1. The van der Waals surface area contributed by atoms with Crippen molar-refractivity contribution in [1.82, 2.24) is 0 Å². The van der Waals surface area contributed by atoms with E-state index in [-0.39, 0.29) is 0 Å². The summed E-state index contributed by atoms with van der Waals surface area (Å²) in [5, 5.41) is 0. The summed E-state index contributed by atoms with van der Waals surface area (Å²) in [5.41, 5.74) is 0. The van der Waals surface area contributed by atoms with Gasteiger partial charge in [-0.15, -0.1) is 0 Å². The second-order valence-corrected chi connectivity index (χ2v) is 5.43. The van der Waals surface area contributed by atoms with E-state index in [4.69, 9.17) is 4.74 Å². The average molecular weight is 255 g/mol. The van der Waals surface area contributed by atoms with E-state index in [0.717, 1.165) is 6.61 Å². The maximum absolute atomic E-state index is 5.03. The second kappa shape index (κ2) is 9.87. The third-order valence-corrected chi connectivity index (χ3v) is 3.32. The molecule has 1 nitrogen and oxygen atoms in total. The minimum Gasteiger partial charge on any atom is -0.384 e. The van der Waals surface area contributed by atoms with Crippen molar-refractivity contribution in [2.45, 2.75) is 31.0 Å². The highest BCUT2D eigenvalue weighted by atomic mass is 79.9. The zero-order valence-electron chi connectivity index (χ0n) is 8.01. The number of hydrogen-bond donors (Lipinski definition) is 0. The van der Waals surface area contributed by atoms with E-state index in [1.165, 1.54) is 30.8 Å². The van der Waals surface area contributed by atoms with Gasteiger partial charge in [0.25, 0.3) is 0 Å². The average Bonchev–Trinajstić information content (AvgIpc) is 2.05. The summed E-state index contributed by atoms with van der Waals surface area (Å²) in [7, 11) is 1.75. The highest BCUT2D eigenvalue weighted by molar-refractivity contribution is 9.09. The Balaban J connectivity index is 2.97. The maximum atomic E-state index is 5.03. The van der Waals surface area contributed by atoms with Gasteiger partial charge in [0, 0.05) is 11.9 Å². The van der Waals surface area contributed by atoms with Gasteiger partial charge >= 0.3 is 0 Å². The van der Waals surface area contributed by atoms with E-state index in [0.29, 0.717) is 4.83 Å². The molecule has 0 aliphatic rings. The molecule has 0 rings (SSSR count). The van der Waals surface area contributed by atoms with Crippen molar-refractivity contribution < 1.29 is 4.74 Å². The molecular weight excluding hydrogens is 236 g/mol. The summed E-state index contributed by atoms with van der Waals surface area (Å²) in [4.78, 5) is 0.550. The molecule has 74 valence electrons. The highest BCUT2D eigenvalue weighted by Crippen LogP contribution is 2.12. The molecule has 0 radical (unpaired) electrons. The Morgan fingerprint density at radius 2 is 2.17 bits per heavy atom. The van der Waals surface area contributed by atoms with Crippen molar-refractivity contribution in [1.29, 1.82) is 0 Å². The van der Waals surface area contributed by atoms with Crippen LogP contribution in [0, 0.1) is 0 Å². The highest BCUT2D eigenvalue weighted by Gasteiger charge is 2.01. The van der Waals surface area contributed by atoms with E-state index in [9.17, 15) is 0 Å². The molecule has 3 heteroatoms. The number of thioether (sulfide) groups is 1. The molecule has 0 aromatic rings. The van der Waals surface area contributed by atoms with Crippen molar-refractivity contribution in [3.05, 3.63) is 0 Å². The van der Waals surface area contributed by atoms with Crippen LogP contribution >= 0.6 is 27.7 Å². The smallest absolute Gasteiger partial charge is 0.0587 e. The molecule has 0 saturated heterocycles. The van der Waals surface area contributed by atoms with Crippen molar-refractivity contribution in [2.75, 3.05) is 25.2 Å². The summed E-state index contributed by atoms with van der Waals surface area (Å²) < 4.78 is 5.03. The van der Waals surface area contributed by atoms with Crippen molar-refractivity contribution in [2.24, 2.45) is 0 Å². The van der Waals surface area contributed by atoms with E-state index in [2.05, 4.69) is 22.9 Å². The van der Waals surface area contributed by atoms with Gasteiger partial charge in [0.05, 0.1) is 6.61 Å². The van der Waals surface area contributed by atoms with Crippen molar-refractivity contribution >= 4 is 27.7 Å². The van der Waals surface area contributed by atoms with E-state index >= 15 is 0 Å². The quantitative estimate of drug-likeness (QED) is 0.486. The van der Waals surface area contributed by atoms with Gasteiger partial charge in [0.1, 0.15) is 0 Å². The van der Waals surface area contributed by atoms with Crippen LogP contribution in [0.2, 0.25) is 0 Å². The normalized spacial score (nSPS) is 13.2. The standard InChI is InChI=1S/C9H19BrOS/c1-3-12-7-5-4-6-9(10)8-11-2/h9H,3-8H2,1-2H3. The Morgan fingerprint density at radius 1 is 1.42 bits per heavy atom. The monoisotopic (exact) mass is 254 g/mol. The van der Waals surface area contributed by atoms with Crippen molar-refractivity contribution in [3.8, 4) is 0 Å². The molecule has 0 aliphatic carbocycles. The molecular formula is C9H19BrOS. The van der Waals surface area contributed by atoms with Gasteiger partial charge in [-0.3, -0.25) is 0 Å². The first-order chi connectivity index (χ1) is 5.81. The lowest BCUT2D eigenvalue weighted by molar-refractivity contribution is 0.198. The zero-order valence-corrected chi connectivity index (χ0v) is 10.4. The number of halogens is 1. The molecule has 0 aromatic heterocycles. The van der Waals surface area contributed by atoms with Crippen LogP contribution in [0.3, 0.4) is 0 Å². The number of alkyl halides is 1. The first-order valence-electron chi connectivity index (χ1n) is 4.52. The predicted molar refractivity (Wildman–Crippen MR) is 61.4 cm³/mol. The van der Waals surface area contributed by atoms with Crippen LogP contribution in [0.15, 0.2) is 0 Å². The fourth-order valence-electron chi connectivity index (χ4n) is 0.978. The maximum Gasteiger partial charge on any atom is 0.0587 e. The first kappa shape index (κ1) is 12.8. The SMILES string of the molecule is CCSCCCCC(Br)COC. The van der Waals surface area contributed by atoms with Crippen LogP contribution in [-0.4, -0.2) is 30.0 Å². The predicted octanol–water partition coefficient (Wildman–Crippen LogP) is 3.32.